The first-order valence-electron chi connectivity index (χ1n) is 8.15. The van der Waals surface area contributed by atoms with Crippen LogP contribution < -0.4 is 9.47 Å². The standard InChI is InChI=1S/C20H19NO4S/c1-13-7-8-17(14(2)11-13)24-9-10-25-18-6-4-3-5-15(18)19-21-16(12-26-19)20(22)23/h3-8,11-12H,9-10H2,1-2H3,(H,22,23). The first kappa shape index (κ1) is 17.9. The highest BCUT2D eigenvalue weighted by atomic mass is 32.1. The predicted octanol–water partition coefficient (Wildman–Crippen LogP) is 4.58. The number of carboxylic acids is 1. The second kappa shape index (κ2) is 8.01. The Morgan fingerprint density at radius 3 is 2.50 bits per heavy atom. The highest BCUT2D eigenvalue weighted by molar-refractivity contribution is 7.13. The number of hydrogen-bond donors (Lipinski definition) is 1. The van der Waals surface area contributed by atoms with Gasteiger partial charge in [-0.15, -0.1) is 11.3 Å². The Morgan fingerprint density at radius 1 is 1.08 bits per heavy atom. The minimum absolute atomic E-state index is 0.0398. The number of aromatic carboxylic acids is 1. The van der Waals surface area contributed by atoms with E-state index in [1.165, 1.54) is 22.3 Å². The molecule has 1 heterocycles. The number of carboxylic acid groups (broad SMARTS) is 1. The zero-order valence-electron chi connectivity index (χ0n) is 14.6. The van der Waals surface area contributed by atoms with Gasteiger partial charge in [0.2, 0.25) is 0 Å². The van der Waals surface area contributed by atoms with Gasteiger partial charge in [-0.1, -0.05) is 29.8 Å². The minimum atomic E-state index is -1.03. The van der Waals surface area contributed by atoms with Crippen molar-refractivity contribution in [3.8, 4) is 22.1 Å². The molecule has 0 saturated heterocycles. The minimum Gasteiger partial charge on any atom is -0.490 e. The van der Waals surface area contributed by atoms with Crippen LogP contribution in [0.1, 0.15) is 21.6 Å². The van der Waals surface area contributed by atoms with Crippen LogP contribution in [0.3, 0.4) is 0 Å². The number of aromatic nitrogens is 1. The number of para-hydroxylation sites is 1. The highest BCUT2D eigenvalue weighted by Gasteiger charge is 2.13. The van der Waals surface area contributed by atoms with Crippen LogP contribution in [0, 0.1) is 13.8 Å². The number of thiazole rings is 1. The van der Waals surface area contributed by atoms with E-state index in [4.69, 9.17) is 14.6 Å². The van der Waals surface area contributed by atoms with E-state index in [0.29, 0.717) is 24.0 Å². The fraction of sp³-hybridized carbons (Fsp3) is 0.200. The molecule has 3 aromatic rings. The second-order valence-corrected chi connectivity index (χ2v) is 6.66. The fourth-order valence-corrected chi connectivity index (χ4v) is 3.35. The van der Waals surface area contributed by atoms with Gasteiger partial charge in [-0.3, -0.25) is 0 Å². The summed E-state index contributed by atoms with van der Waals surface area (Å²) in [5.74, 6) is 0.467. The van der Waals surface area contributed by atoms with Crippen molar-refractivity contribution in [2.45, 2.75) is 13.8 Å². The Morgan fingerprint density at radius 2 is 1.81 bits per heavy atom. The molecule has 0 spiro atoms. The van der Waals surface area contributed by atoms with Crippen molar-refractivity contribution in [3.05, 3.63) is 64.7 Å². The van der Waals surface area contributed by atoms with Crippen molar-refractivity contribution in [2.24, 2.45) is 0 Å². The van der Waals surface area contributed by atoms with Crippen LogP contribution in [0.25, 0.3) is 10.6 Å². The molecule has 0 saturated carbocycles. The van der Waals surface area contributed by atoms with E-state index in [1.54, 1.807) is 0 Å². The Kier molecular flexibility index (Phi) is 5.53. The molecule has 0 radical (unpaired) electrons. The number of ether oxygens (including phenoxy) is 2. The molecule has 134 valence electrons. The molecule has 0 aliphatic carbocycles. The Bertz CT molecular complexity index is 920. The van der Waals surface area contributed by atoms with Crippen molar-refractivity contribution < 1.29 is 19.4 Å². The summed E-state index contributed by atoms with van der Waals surface area (Å²) in [6.45, 7) is 4.85. The van der Waals surface area contributed by atoms with E-state index in [1.807, 2.05) is 50.2 Å². The summed E-state index contributed by atoms with van der Waals surface area (Å²) < 4.78 is 11.6. The Balaban J connectivity index is 1.64. The lowest BCUT2D eigenvalue weighted by Crippen LogP contribution is -2.10. The summed E-state index contributed by atoms with van der Waals surface area (Å²) in [6, 6.07) is 13.5. The van der Waals surface area contributed by atoms with E-state index < -0.39 is 5.97 Å². The summed E-state index contributed by atoms with van der Waals surface area (Å²) in [5.41, 5.74) is 3.10. The molecule has 0 unspecified atom stereocenters. The fourth-order valence-electron chi connectivity index (χ4n) is 2.53. The quantitative estimate of drug-likeness (QED) is 0.617. The third-order valence-electron chi connectivity index (χ3n) is 3.77. The topological polar surface area (TPSA) is 68.7 Å². The maximum Gasteiger partial charge on any atom is 0.355 e. The number of aryl methyl sites for hydroxylation is 2. The number of carbonyl (C=O) groups is 1. The summed E-state index contributed by atoms with van der Waals surface area (Å²) >= 11 is 1.28. The summed E-state index contributed by atoms with van der Waals surface area (Å²) in [7, 11) is 0. The first-order valence-corrected chi connectivity index (χ1v) is 9.03. The molecule has 5 nitrogen and oxygen atoms in total. The number of hydrogen-bond acceptors (Lipinski definition) is 5. The van der Waals surface area contributed by atoms with Gasteiger partial charge >= 0.3 is 5.97 Å². The molecule has 6 heteroatoms. The van der Waals surface area contributed by atoms with Crippen LogP contribution in [-0.2, 0) is 0 Å². The van der Waals surface area contributed by atoms with E-state index in [0.717, 1.165) is 16.9 Å². The average Bonchev–Trinajstić information content (AvgIpc) is 3.11. The zero-order chi connectivity index (χ0) is 18.5. The largest absolute Gasteiger partial charge is 0.490 e. The van der Waals surface area contributed by atoms with Gasteiger partial charge in [0.1, 0.15) is 29.7 Å². The average molecular weight is 369 g/mol. The maximum absolute atomic E-state index is 11.0. The number of benzene rings is 2. The molecule has 0 bridgehead atoms. The molecule has 26 heavy (non-hydrogen) atoms. The third-order valence-corrected chi connectivity index (χ3v) is 4.65. The molecule has 0 aliphatic heterocycles. The van der Waals surface area contributed by atoms with Gasteiger partial charge in [-0.05, 0) is 37.6 Å². The van der Waals surface area contributed by atoms with Gasteiger partial charge in [-0.2, -0.15) is 0 Å². The van der Waals surface area contributed by atoms with Crippen LogP contribution >= 0.6 is 11.3 Å². The van der Waals surface area contributed by atoms with Crippen LogP contribution in [0.4, 0.5) is 0 Å². The molecule has 2 aromatic carbocycles. The third kappa shape index (κ3) is 4.21. The highest BCUT2D eigenvalue weighted by Crippen LogP contribution is 2.32. The van der Waals surface area contributed by atoms with Gasteiger partial charge < -0.3 is 14.6 Å². The van der Waals surface area contributed by atoms with Gasteiger partial charge in [-0.25, -0.2) is 9.78 Å². The lowest BCUT2D eigenvalue weighted by molar-refractivity contribution is 0.0691. The summed E-state index contributed by atoms with van der Waals surface area (Å²) in [4.78, 5) is 15.2. The maximum atomic E-state index is 11.0. The van der Waals surface area contributed by atoms with Crippen molar-refractivity contribution in [2.75, 3.05) is 13.2 Å². The molecule has 0 aliphatic rings. The lowest BCUT2D eigenvalue weighted by atomic mass is 10.1. The summed E-state index contributed by atoms with van der Waals surface area (Å²) in [5, 5.41) is 11.2. The van der Waals surface area contributed by atoms with E-state index in [9.17, 15) is 4.79 Å². The number of rotatable bonds is 7. The van der Waals surface area contributed by atoms with E-state index in [2.05, 4.69) is 11.1 Å². The Labute approximate surface area is 155 Å². The van der Waals surface area contributed by atoms with Crippen LogP contribution in [-0.4, -0.2) is 29.3 Å². The van der Waals surface area contributed by atoms with Crippen molar-refractivity contribution in [1.82, 2.24) is 4.98 Å². The zero-order valence-corrected chi connectivity index (χ0v) is 15.4. The monoisotopic (exact) mass is 369 g/mol. The molecule has 1 N–H and O–H groups in total. The van der Waals surface area contributed by atoms with Crippen molar-refractivity contribution in [3.63, 3.8) is 0 Å². The predicted molar refractivity (Wildman–Crippen MR) is 101 cm³/mol. The van der Waals surface area contributed by atoms with Crippen molar-refractivity contribution >= 4 is 17.3 Å². The van der Waals surface area contributed by atoms with Gasteiger partial charge in [0.25, 0.3) is 0 Å². The first-order chi connectivity index (χ1) is 12.5. The van der Waals surface area contributed by atoms with E-state index >= 15 is 0 Å². The lowest BCUT2D eigenvalue weighted by Gasteiger charge is -2.12. The van der Waals surface area contributed by atoms with Crippen LogP contribution in [0.15, 0.2) is 47.8 Å². The van der Waals surface area contributed by atoms with E-state index in [-0.39, 0.29) is 5.69 Å². The van der Waals surface area contributed by atoms with Gasteiger partial charge in [0, 0.05) is 5.38 Å². The molecule has 1 aromatic heterocycles. The van der Waals surface area contributed by atoms with Gasteiger partial charge in [0.05, 0.1) is 5.56 Å². The van der Waals surface area contributed by atoms with Gasteiger partial charge in [0.15, 0.2) is 5.69 Å². The smallest absolute Gasteiger partial charge is 0.355 e. The molecular weight excluding hydrogens is 350 g/mol. The number of nitrogens with zero attached hydrogens (tertiary/aromatic N) is 1. The molecule has 0 atom stereocenters. The normalized spacial score (nSPS) is 10.5. The molecule has 0 amide bonds. The SMILES string of the molecule is Cc1ccc(OCCOc2ccccc2-c2nc(C(=O)O)cs2)c(C)c1. The summed E-state index contributed by atoms with van der Waals surface area (Å²) in [6.07, 6.45) is 0. The second-order valence-electron chi connectivity index (χ2n) is 5.81. The molecule has 3 rings (SSSR count). The van der Waals surface area contributed by atoms with Crippen LogP contribution in [0.5, 0.6) is 11.5 Å². The van der Waals surface area contributed by atoms with Crippen molar-refractivity contribution in [1.29, 1.82) is 0 Å². The molecule has 0 fully saturated rings. The Hall–Kier alpha value is -2.86. The van der Waals surface area contributed by atoms with Crippen LogP contribution in [0.2, 0.25) is 0 Å². The molecular formula is C20H19NO4S.